The molecule has 0 saturated heterocycles. The molecule has 0 aliphatic carbocycles. The van der Waals surface area contributed by atoms with E-state index in [1.807, 2.05) is 6.92 Å². The fourth-order valence-corrected chi connectivity index (χ4v) is 3.10. The molecule has 0 bridgehead atoms. The Hall–Kier alpha value is -2.12. The summed E-state index contributed by atoms with van der Waals surface area (Å²) in [5, 5.41) is 0. The van der Waals surface area contributed by atoms with Gasteiger partial charge < -0.3 is 18.9 Å². The summed E-state index contributed by atoms with van der Waals surface area (Å²) in [6, 6.07) is 0. The quantitative estimate of drug-likeness (QED) is 0.328. The van der Waals surface area contributed by atoms with Gasteiger partial charge in [-0.3, -0.25) is 19.2 Å². The number of carbonyl (C=O) groups excluding carboxylic acids is 4. The summed E-state index contributed by atoms with van der Waals surface area (Å²) in [4.78, 5) is 50.9. The summed E-state index contributed by atoms with van der Waals surface area (Å²) in [5.41, 5.74) is -4.49. The van der Waals surface area contributed by atoms with Gasteiger partial charge in [-0.1, -0.05) is 33.1 Å². The molecule has 143 valence electrons. The van der Waals surface area contributed by atoms with Crippen molar-refractivity contribution in [2.24, 2.45) is 10.8 Å². The van der Waals surface area contributed by atoms with Gasteiger partial charge in [-0.2, -0.15) is 0 Å². The zero-order chi connectivity index (χ0) is 19.7. The Morgan fingerprint density at radius 2 is 1.04 bits per heavy atom. The molecule has 0 fully saturated rings. The van der Waals surface area contributed by atoms with Gasteiger partial charge in [0, 0.05) is 0 Å². The first-order chi connectivity index (χ1) is 11.8. The SMILES string of the molecule is [CH2]CCC(C(=O)OC)(C(=O)OC)C(CCCC)(C(=O)OC)C(=O)OC. The van der Waals surface area contributed by atoms with Gasteiger partial charge in [-0.05, 0) is 12.8 Å². The number of esters is 4. The van der Waals surface area contributed by atoms with Crippen LogP contribution in [0.4, 0.5) is 0 Å². The largest absolute Gasteiger partial charge is 0.468 e. The molecule has 0 aromatic heterocycles. The van der Waals surface area contributed by atoms with E-state index in [1.54, 1.807) is 0 Å². The highest BCUT2D eigenvalue weighted by molar-refractivity contribution is 6.14. The molecule has 0 aliphatic heterocycles. The summed E-state index contributed by atoms with van der Waals surface area (Å²) >= 11 is 0. The summed E-state index contributed by atoms with van der Waals surface area (Å²) in [7, 11) is 4.25. The molecule has 0 spiro atoms. The second-order valence-electron chi connectivity index (χ2n) is 5.48. The topological polar surface area (TPSA) is 105 Å². The standard InChI is InChI=1S/C17H27O8/c1-7-9-11-17(14(20)24-5,15(21)25-6)16(10-8-2,12(18)22-3)13(19)23-4/h2,7-11H2,1,3-6H3. The predicted molar refractivity (Wildman–Crippen MR) is 87.0 cm³/mol. The van der Waals surface area contributed by atoms with Crippen LogP contribution in [-0.2, 0) is 38.1 Å². The molecule has 0 N–H and O–H groups in total. The van der Waals surface area contributed by atoms with E-state index in [4.69, 9.17) is 18.9 Å². The van der Waals surface area contributed by atoms with Crippen molar-refractivity contribution in [1.29, 1.82) is 0 Å². The van der Waals surface area contributed by atoms with Gasteiger partial charge in [-0.15, -0.1) is 0 Å². The van der Waals surface area contributed by atoms with Crippen LogP contribution in [0.15, 0.2) is 0 Å². The summed E-state index contributed by atoms with van der Waals surface area (Å²) in [6.07, 6.45) is 0.620. The Labute approximate surface area is 148 Å². The van der Waals surface area contributed by atoms with Crippen molar-refractivity contribution in [2.45, 2.75) is 39.0 Å². The van der Waals surface area contributed by atoms with E-state index in [9.17, 15) is 19.2 Å². The lowest BCUT2D eigenvalue weighted by molar-refractivity contribution is -0.202. The summed E-state index contributed by atoms with van der Waals surface area (Å²) in [5.74, 6) is -4.26. The Balaban J connectivity index is 6.97. The molecule has 8 heteroatoms. The summed E-state index contributed by atoms with van der Waals surface area (Å²) < 4.78 is 19.2. The number of hydrogen-bond donors (Lipinski definition) is 0. The van der Waals surface area contributed by atoms with Crippen LogP contribution in [0.3, 0.4) is 0 Å². The van der Waals surface area contributed by atoms with Crippen molar-refractivity contribution in [3.8, 4) is 0 Å². The molecule has 0 amide bonds. The van der Waals surface area contributed by atoms with Gasteiger partial charge in [0.05, 0.1) is 28.4 Å². The summed E-state index contributed by atoms with van der Waals surface area (Å²) in [6.45, 7) is 5.48. The van der Waals surface area contributed by atoms with Gasteiger partial charge in [0.25, 0.3) is 0 Å². The molecule has 25 heavy (non-hydrogen) atoms. The lowest BCUT2D eigenvalue weighted by atomic mass is 9.58. The maximum atomic E-state index is 12.7. The maximum Gasteiger partial charge on any atom is 0.325 e. The minimum atomic E-state index is -2.26. The third-order valence-corrected chi connectivity index (χ3v) is 4.32. The highest BCUT2D eigenvalue weighted by Gasteiger charge is 2.71. The zero-order valence-electron chi connectivity index (χ0n) is 15.5. The van der Waals surface area contributed by atoms with Crippen molar-refractivity contribution in [3.05, 3.63) is 6.92 Å². The molecule has 0 saturated carbocycles. The molecule has 0 aliphatic rings. The Morgan fingerprint density at radius 1 is 0.720 bits per heavy atom. The Morgan fingerprint density at radius 3 is 1.28 bits per heavy atom. The monoisotopic (exact) mass is 359 g/mol. The molecular weight excluding hydrogens is 332 g/mol. The zero-order valence-corrected chi connectivity index (χ0v) is 15.5. The number of ether oxygens (including phenoxy) is 4. The maximum absolute atomic E-state index is 12.7. The van der Waals surface area contributed by atoms with Crippen LogP contribution in [0, 0.1) is 17.8 Å². The molecule has 0 aromatic rings. The van der Waals surface area contributed by atoms with Crippen molar-refractivity contribution < 1.29 is 38.1 Å². The van der Waals surface area contributed by atoms with Crippen LogP contribution in [0.25, 0.3) is 0 Å². The average molecular weight is 359 g/mol. The fourth-order valence-electron chi connectivity index (χ4n) is 3.10. The smallest absolute Gasteiger partial charge is 0.325 e. The molecule has 0 heterocycles. The first-order valence-electron chi connectivity index (χ1n) is 7.93. The first kappa shape index (κ1) is 22.9. The Kier molecular flexibility index (Phi) is 9.16. The van der Waals surface area contributed by atoms with E-state index in [1.165, 1.54) is 0 Å². The van der Waals surface area contributed by atoms with Crippen molar-refractivity contribution >= 4 is 23.9 Å². The minimum Gasteiger partial charge on any atom is -0.468 e. The van der Waals surface area contributed by atoms with E-state index in [-0.39, 0.29) is 19.3 Å². The van der Waals surface area contributed by atoms with Gasteiger partial charge in [0.15, 0.2) is 10.8 Å². The number of hydrogen-bond acceptors (Lipinski definition) is 8. The molecule has 0 unspecified atom stereocenters. The van der Waals surface area contributed by atoms with Crippen LogP contribution in [0.5, 0.6) is 0 Å². The van der Waals surface area contributed by atoms with Gasteiger partial charge in [-0.25, -0.2) is 0 Å². The minimum absolute atomic E-state index is 0.0616. The van der Waals surface area contributed by atoms with Gasteiger partial charge >= 0.3 is 23.9 Å². The average Bonchev–Trinajstić information content (AvgIpc) is 2.64. The van der Waals surface area contributed by atoms with Gasteiger partial charge in [0.2, 0.25) is 0 Å². The normalized spacial score (nSPS) is 11.4. The van der Waals surface area contributed by atoms with Crippen LogP contribution in [0.1, 0.15) is 39.0 Å². The van der Waals surface area contributed by atoms with E-state index < -0.39 is 34.7 Å². The number of carbonyl (C=O) groups is 4. The number of unbranched alkanes of at least 4 members (excludes halogenated alkanes) is 1. The van der Waals surface area contributed by atoms with Crippen LogP contribution >= 0.6 is 0 Å². The molecular formula is C17H27O8. The fraction of sp³-hybridized carbons (Fsp3) is 0.706. The van der Waals surface area contributed by atoms with Crippen LogP contribution < -0.4 is 0 Å². The lowest BCUT2D eigenvalue weighted by Crippen LogP contribution is -2.62. The second kappa shape index (κ2) is 10.0. The van der Waals surface area contributed by atoms with E-state index >= 15 is 0 Å². The number of rotatable bonds is 10. The van der Waals surface area contributed by atoms with E-state index in [0.29, 0.717) is 12.8 Å². The molecule has 0 atom stereocenters. The third kappa shape index (κ3) is 3.77. The van der Waals surface area contributed by atoms with Crippen molar-refractivity contribution in [1.82, 2.24) is 0 Å². The van der Waals surface area contributed by atoms with Crippen molar-refractivity contribution in [2.75, 3.05) is 28.4 Å². The van der Waals surface area contributed by atoms with Crippen LogP contribution in [0.2, 0.25) is 0 Å². The van der Waals surface area contributed by atoms with Gasteiger partial charge in [0.1, 0.15) is 0 Å². The van der Waals surface area contributed by atoms with E-state index in [2.05, 4.69) is 6.92 Å². The first-order valence-corrected chi connectivity index (χ1v) is 7.93. The highest BCUT2D eigenvalue weighted by atomic mass is 16.6. The van der Waals surface area contributed by atoms with E-state index in [0.717, 1.165) is 28.4 Å². The molecule has 0 rings (SSSR count). The predicted octanol–water partition coefficient (Wildman–Crippen LogP) is 1.46. The Bertz CT molecular complexity index is 465. The highest BCUT2D eigenvalue weighted by Crippen LogP contribution is 2.50. The van der Waals surface area contributed by atoms with Crippen LogP contribution in [-0.4, -0.2) is 52.3 Å². The second-order valence-corrected chi connectivity index (χ2v) is 5.48. The van der Waals surface area contributed by atoms with Crippen molar-refractivity contribution in [3.63, 3.8) is 0 Å². The molecule has 1 radical (unpaired) electrons. The third-order valence-electron chi connectivity index (χ3n) is 4.32. The molecule has 0 aromatic carbocycles. The lowest BCUT2D eigenvalue weighted by Gasteiger charge is -2.42. The number of methoxy groups -OCH3 is 4. The molecule has 8 nitrogen and oxygen atoms in total.